The van der Waals surface area contributed by atoms with Crippen molar-refractivity contribution >= 4 is 22.9 Å². The van der Waals surface area contributed by atoms with E-state index in [2.05, 4.69) is 9.97 Å². The second-order valence-corrected chi connectivity index (χ2v) is 9.92. The molecule has 12 heteroatoms. The summed E-state index contributed by atoms with van der Waals surface area (Å²) in [7, 11) is 0. The number of ether oxygens (including phenoxy) is 1. The number of rotatable bonds is 2. The van der Waals surface area contributed by atoms with Gasteiger partial charge in [-0.3, -0.25) is 0 Å². The van der Waals surface area contributed by atoms with Crippen LogP contribution in [-0.4, -0.2) is 56.3 Å². The summed E-state index contributed by atoms with van der Waals surface area (Å²) >= 11 is 0. The Morgan fingerprint density at radius 2 is 1.64 bits per heavy atom. The number of alkyl halides is 3. The summed E-state index contributed by atoms with van der Waals surface area (Å²) in [4.78, 5) is 24.1. The quantitative estimate of drug-likeness (QED) is 0.422. The third-order valence-electron chi connectivity index (χ3n) is 5.88. The van der Waals surface area contributed by atoms with Gasteiger partial charge >= 0.3 is 12.3 Å². The number of anilines is 1. The Bertz CT molecular complexity index is 1280. The zero-order chi connectivity index (χ0) is 26.6. The lowest BCUT2D eigenvalue weighted by atomic mass is 10.1. The van der Waals surface area contributed by atoms with Crippen LogP contribution >= 0.6 is 0 Å². The third kappa shape index (κ3) is 4.93. The Morgan fingerprint density at radius 1 is 1.00 bits per heavy atom. The van der Waals surface area contributed by atoms with Gasteiger partial charge in [-0.05, 0) is 46.8 Å². The fourth-order valence-electron chi connectivity index (χ4n) is 4.35. The van der Waals surface area contributed by atoms with Crippen molar-refractivity contribution < 1.29 is 31.5 Å². The number of amides is 1. The molecule has 0 aliphatic carbocycles. The van der Waals surface area contributed by atoms with Crippen LogP contribution in [0.25, 0.3) is 16.7 Å². The van der Waals surface area contributed by atoms with Gasteiger partial charge < -0.3 is 19.1 Å². The molecule has 194 valence electrons. The molecule has 0 spiro atoms. The van der Waals surface area contributed by atoms with E-state index in [1.165, 1.54) is 4.90 Å². The number of carbonyl (C=O) groups is 1. The van der Waals surface area contributed by atoms with Crippen molar-refractivity contribution in [1.82, 2.24) is 19.4 Å². The topological polar surface area (TPSA) is 63.5 Å². The molecular formula is C24H26F5N5O2. The van der Waals surface area contributed by atoms with E-state index in [0.717, 1.165) is 29.2 Å². The van der Waals surface area contributed by atoms with E-state index in [1.54, 1.807) is 39.5 Å². The van der Waals surface area contributed by atoms with E-state index in [1.807, 2.05) is 0 Å². The molecule has 3 heterocycles. The maximum Gasteiger partial charge on any atom is 0.418 e. The Labute approximate surface area is 204 Å². The SMILES string of the molecule is C[C@@H]1CN(c2ncnc3c2c(C(F)(F)F)cn3-c2cc(F)cc(F)c2)[C@@H](C)CN1C(=O)OC(C)(C)C. The Morgan fingerprint density at radius 3 is 2.22 bits per heavy atom. The number of benzene rings is 1. The van der Waals surface area contributed by atoms with Crippen molar-refractivity contribution in [2.45, 2.75) is 58.5 Å². The molecule has 3 aromatic rings. The van der Waals surface area contributed by atoms with Crippen molar-refractivity contribution in [3.05, 3.63) is 47.9 Å². The number of carbonyl (C=O) groups excluding carboxylic acids is 1. The van der Waals surface area contributed by atoms with E-state index in [9.17, 15) is 26.7 Å². The molecule has 36 heavy (non-hydrogen) atoms. The van der Waals surface area contributed by atoms with Crippen LogP contribution in [0.3, 0.4) is 0 Å². The van der Waals surface area contributed by atoms with Crippen molar-refractivity contribution in [2.24, 2.45) is 0 Å². The van der Waals surface area contributed by atoms with Gasteiger partial charge in [-0.2, -0.15) is 13.2 Å². The number of hydrogen-bond donors (Lipinski definition) is 0. The normalized spacial score (nSPS) is 19.2. The molecule has 0 N–H and O–H groups in total. The molecule has 0 saturated carbocycles. The minimum atomic E-state index is -4.79. The molecule has 1 aliphatic heterocycles. The van der Waals surface area contributed by atoms with Crippen LogP contribution in [0.5, 0.6) is 0 Å². The molecule has 1 aliphatic rings. The summed E-state index contributed by atoms with van der Waals surface area (Å²) in [6, 6.07) is 1.68. The third-order valence-corrected chi connectivity index (χ3v) is 5.88. The van der Waals surface area contributed by atoms with E-state index in [-0.39, 0.29) is 35.6 Å². The van der Waals surface area contributed by atoms with E-state index < -0.39 is 47.2 Å². The van der Waals surface area contributed by atoms with Crippen molar-refractivity contribution in [3.8, 4) is 5.69 Å². The van der Waals surface area contributed by atoms with Crippen LogP contribution < -0.4 is 4.90 Å². The molecule has 1 saturated heterocycles. The Hall–Kier alpha value is -3.44. The van der Waals surface area contributed by atoms with E-state index in [4.69, 9.17) is 4.74 Å². The number of fused-ring (bicyclic) bond motifs is 1. The first-order valence-corrected chi connectivity index (χ1v) is 11.3. The molecule has 0 bridgehead atoms. The maximum atomic E-state index is 14.1. The first kappa shape index (κ1) is 25.6. The van der Waals surface area contributed by atoms with Gasteiger partial charge in [0, 0.05) is 37.4 Å². The minimum absolute atomic E-state index is 0.0196. The van der Waals surface area contributed by atoms with Crippen LogP contribution in [0.1, 0.15) is 40.2 Å². The van der Waals surface area contributed by atoms with Crippen LogP contribution in [-0.2, 0) is 10.9 Å². The number of piperazine rings is 1. The molecule has 0 unspecified atom stereocenters. The van der Waals surface area contributed by atoms with Gasteiger partial charge in [0.25, 0.3) is 0 Å². The van der Waals surface area contributed by atoms with Gasteiger partial charge in [0.15, 0.2) is 5.65 Å². The molecule has 2 aromatic heterocycles. The summed E-state index contributed by atoms with van der Waals surface area (Å²) in [5, 5.41) is -0.292. The number of aromatic nitrogens is 3. The van der Waals surface area contributed by atoms with Crippen molar-refractivity contribution in [2.75, 3.05) is 18.0 Å². The number of hydrogen-bond acceptors (Lipinski definition) is 5. The zero-order valence-electron chi connectivity index (χ0n) is 20.4. The highest BCUT2D eigenvalue weighted by Crippen LogP contribution is 2.41. The smallest absolute Gasteiger partial charge is 0.418 e. The molecule has 0 radical (unpaired) electrons. The maximum absolute atomic E-state index is 14.1. The Balaban J connectivity index is 1.80. The predicted octanol–water partition coefficient (Wildman–Crippen LogP) is 5.55. The Kier molecular flexibility index (Phi) is 6.34. The van der Waals surface area contributed by atoms with Crippen LogP contribution in [0, 0.1) is 11.6 Å². The predicted molar refractivity (Wildman–Crippen MR) is 123 cm³/mol. The van der Waals surface area contributed by atoms with Gasteiger partial charge in [-0.15, -0.1) is 0 Å². The first-order chi connectivity index (χ1) is 16.7. The van der Waals surface area contributed by atoms with Gasteiger partial charge in [-0.25, -0.2) is 23.5 Å². The van der Waals surface area contributed by atoms with Gasteiger partial charge in [0.2, 0.25) is 0 Å². The van der Waals surface area contributed by atoms with Gasteiger partial charge in [0.05, 0.1) is 16.6 Å². The number of nitrogens with zero attached hydrogens (tertiary/aromatic N) is 5. The molecule has 1 amide bonds. The summed E-state index contributed by atoms with van der Waals surface area (Å²) in [6.07, 6.45) is -3.42. The summed E-state index contributed by atoms with van der Waals surface area (Å²) in [5.41, 5.74) is -2.02. The first-order valence-electron chi connectivity index (χ1n) is 11.3. The summed E-state index contributed by atoms with van der Waals surface area (Å²) in [6.45, 7) is 9.17. The number of halogens is 5. The lowest BCUT2D eigenvalue weighted by Gasteiger charge is -2.44. The van der Waals surface area contributed by atoms with Crippen LogP contribution in [0.2, 0.25) is 0 Å². The lowest BCUT2D eigenvalue weighted by molar-refractivity contribution is -0.136. The molecule has 2 atom stereocenters. The van der Waals surface area contributed by atoms with Crippen LogP contribution in [0.4, 0.5) is 32.6 Å². The lowest BCUT2D eigenvalue weighted by Crippen LogP contribution is -2.59. The minimum Gasteiger partial charge on any atom is -0.444 e. The highest BCUT2D eigenvalue weighted by Gasteiger charge is 2.40. The molecular weight excluding hydrogens is 485 g/mol. The van der Waals surface area contributed by atoms with E-state index in [0.29, 0.717) is 6.07 Å². The second kappa shape index (κ2) is 8.90. The monoisotopic (exact) mass is 511 g/mol. The van der Waals surface area contributed by atoms with Gasteiger partial charge in [-0.1, -0.05) is 0 Å². The highest BCUT2D eigenvalue weighted by atomic mass is 19.4. The van der Waals surface area contributed by atoms with E-state index >= 15 is 0 Å². The van der Waals surface area contributed by atoms with Crippen LogP contribution in [0.15, 0.2) is 30.7 Å². The fraction of sp³-hybridized carbons (Fsp3) is 0.458. The largest absolute Gasteiger partial charge is 0.444 e. The van der Waals surface area contributed by atoms with Crippen molar-refractivity contribution in [1.29, 1.82) is 0 Å². The molecule has 1 fully saturated rings. The molecule has 4 rings (SSSR count). The summed E-state index contributed by atoms with van der Waals surface area (Å²) < 4.78 is 76.6. The average Bonchev–Trinajstić information content (AvgIpc) is 3.13. The fourth-order valence-corrected chi connectivity index (χ4v) is 4.35. The molecule has 1 aromatic carbocycles. The zero-order valence-corrected chi connectivity index (χ0v) is 20.4. The highest BCUT2D eigenvalue weighted by molar-refractivity contribution is 5.93. The molecule has 7 nitrogen and oxygen atoms in total. The second-order valence-electron chi connectivity index (χ2n) is 9.92. The van der Waals surface area contributed by atoms with Crippen molar-refractivity contribution in [3.63, 3.8) is 0 Å². The summed E-state index contributed by atoms with van der Waals surface area (Å²) in [5.74, 6) is -1.85. The van der Waals surface area contributed by atoms with Gasteiger partial charge in [0.1, 0.15) is 29.4 Å². The average molecular weight is 511 g/mol. The standard InChI is InChI=1S/C24H26F5N5O2/c1-13-10-33(22(35)36-23(3,4)5)14(2)9-32(13)20-19-18(24(27,28)29)11-34(21(19)31-12-30-20)17-7-15(25)6-16(26)8-17/h6-8,11-14H,9-10H2,1-5H3/t13-,14+/m0/s1.